The Kier molecular flexibility index (Phi) is 5.68. The lowest BCUT2D eigenvalue weighted by Gasteiger charge is -2.35. The van der Waals surface area contributed by atoms with Gasteiger partial charge in [-0.3, -0.25) is 25.0 Å². The highest BCUT2D eigenvalue weighted by molar-refractivity contribution is 5.95. The summed E-state index contributed by atoms with van der Waals surface area (Å²) in [5.41, 5.74) is 0.331. The molecule has 1 saturated heterocycles. The van der Waals surface area contributed by atoms with Gasteiger partial charge in [0, 0.05) is 49.4 Å². The number of rotatable bonds is 4. The number of aromatic nitrogens is 1. The van der Waals surface area contributed by atoms with Crippen molar-refractivity contribution in [1.29, 1.82) is 0 Å². The van der Waals surface area contributed by atoms with E-state index in [9.17, 15) is 25.0 Å². The summed E-state index contributed by atoms with van der Waals surface area (Å²) in [6.45, 7) is 7.54. The van der Waals surface area contributed by atoms with E-state index in [-0.39, 0.29) is 22.8 Å². The fraction of sp³-hybridized carbons (Fsp3) is 0.400. The van der Waals surface area contributed by atoms with Gasteiger partial charge in [0.25, 0.3) is 17.3 Å². The Bertz CT molecular complexity index is 976. The fourth-order valence-corrected chi connectivity index (χ4v) is 3.44. The van der Waals surface area contributed by atoms with Gasteiger partial charge in [0.1, 0.15) is 12.0 Å². The van der Waals surface area contributed by atoms with Gasteiger partial charge in [-0.1, -0.05) is 26.8 Å². The number of carbonyl (C=O) groups excluding carboxylic acids is 1. The number of carbonyl (C=O) groups is 1. The second-order valence-electron chi connectivity index (χ2n) is 8.15. The van der Waals surface area contributed by atoms with Crippen molar-refractivity contribution < 1.29 is 14.6 Å². The first kappa shape index (κ1) is 21.2. The quantitative estimate of drug-likeness (QED) is 0.557. The smallest absolute Gasteiger partial charge is 0.287 e. The molecule has 0 aliphatic carbocycles. The molecule has 1 aliphatic heterocycles. The van der Waals surface area contributed by atoms with Gasteiger partial charge in [-0.25, -0.2) is 4.98 Å². The van der Waals surface area contributed by atoms with Gasteiger partial charge in [-0.05, 0) is 17.5 Å². The van der Waals surface area contributed by atoms with Crippen molar-refractivity contribution in [2.24, 2.45) is 0 Å². The standard InChI is InChI=1S/C20H23N5O5/c1-20(2,3)16-6-4-14(12-17(16)25(29)30)19(26)23-10-8-22(9-11-23)18-7-5-15(13-21-18)24(27)28/h4-7,12-13H,8-11H2,1-3H3. The summed E-state index contributed by atoms with van der Waals surface area (Å²) in [4.78, 5) is 41.9. The van der Waals surface area contributed by atoms with E-state index in [2.05, 4.69) is 4.98 Å². The van der Waals surface area contributed by atoms with Crippen LogP contribution in [0.4, 0.5) is 17.2 Å². The van der Waals surface area contributed by atoms with E-state index in [1.165, 1.54) is 18.3 Å². The van der Waals surface area contributed by atoms with Gasteiger partial charge in [-0.15, -0.1) is 0 Å². The predicted molar refractivity (Wildman–Crippen MR) is 111 cm³/mol. The molecule has 1 aromatic carbocycles. The third-order valence-corrected chi connectivity index (χ3v) is 5.08. The maximum Gasteiger partial charge on any atom is 0.287 e. The Hall–Kier alpha value is -3.56. The van der Waals surface area contributed by atoms with Gasteiger partial charge >= 0.3 is 0 Å². The van der Waals surface area contributed by atoms with Crippen LogP contribution < -0.4 is 4.90 Å². The van der Waals surface area contributed by atoms with E-state index in [1.807, 2.05) is 25.7 Å². The van der Waals surface area contributed by atoms with Crippen molar-refractivity contribution in [2.45, 2.75) is 26.2 Å². The van der Waals surface area contributed by atoms with Crippen LogP contribution in [0.15, 0.2) is 36.5 Å². The lowest BCUT2D eigenvalue weighted by Crippen LogP contribution is -2.49. The number of hydrogen-bond acceptors (Lipinski definition) is 7. The maximum absolute atomic E-state index is 12.9. The van der Waals surface area contributed by atoms with E-state index in [4.69, 9.17) is 0 Å². The first-order chi connectivity index (χ1) is 14.1. The molecule has 1 amide bonds. The minimum Gasteiger partial charge on any atom is -0.353 e. The average molecular weight is 413 g/mol. The van der Waals surface area contributed by atoms with Crippen LogP contribution >= 0.6 is 0 Å². The number of piperazine rings is 1. The molecule has 10 heteroatoms. The molecular formula is C20H23N5O5. The molecular weight excluding hydrogens is 390 g/mol. The summed E-state index contributed by atoms with van der Waals surface area (Å²) in [6, 6.07) is 7.63. The zero-order valence-electron chi connectivity index (χ0n) is 17.1. The molecule has 1 fully saturated rings. The summed E-state index contributed by atoms with van der Waals surface area (Å²) in [5.74, 6) is 0.354. The van der Waals surface area contributed by atoms with Crippen LogP contribution in [0.25, 0.3) is 0 Å². The summed E-state index contributed by atoms with van der Waals surface area (Å²) in [7, 11) is 0. The number of nitrogens with zero attached hydrogens (tertiary/aromatic N) is 5. The van der Waals surface area contributed by atoms with Gasteiger partial charge in [0.2, 0.25) is 0 Å². The number of pyridine rings is 1. The molecule has 2 heterocycles. The van der Waals surface area contributed by atoms with Crippen LogP contribution in [0.2, 0.25) is 0 Å². The third kappa shape index (κ3) is 4.37. The van der Waals surface area contributed by atoms with E-state index in [0.717, 1.165) is 0 Å². The minimum atomic E-state index is -0.502. The molecule has 158 valence electrons. The average Bonchev–Trinajstić information content (AvgIpc) is 2.72. The summed E-state index contributed by atoms with van der Waals surface area (Å²) < 4.78 is 0. The summed E-state index contributed by atoms with van der Waals surface area (Å²) in [5, 5.41) is 22.3. The second-order valence-corrected chi connectivity index (χ2v) is 8.15. The van der Waals surface area contributed by atoms with Gasteiger partial charge < -0.3 is 9.80 Å². The molecule has 30 heavy (non-hydrogen) atoms. The van der Waals surface area contributed by atoms with Crippen LogP contribution in [0.1, 0.15) is 36.7 Å². The first-order valence-electron chi connectivity index (χ1n) is 9.51. The number of anilines is 1. The van der Waals surface area contributed by atoms with Gasteiger partial charge in [-0.2, -0.15) is 0 Å². The SMILES string of the molecule is CC(C)(C)c1ccc(C(=O)N2CCN(c3ccc([N+](=O)[O-])cn3)CC2)cc1[N+](=O)[O-]. The van der Waals surface area contributed by atoms with Crippen LogP contribution in [0.3, 0.4) is 0 Å². The largest absolute Gasteiger partial charge is 0.353 e. The van der Waals surface area contributed by atoms with E-state index >= 15 is 0 Å². The van der Waals surface area contributed by atoms with Crippen molar-refractivity contribution in [3.05, 3.63) is 67.9 Å². The summed E-state index contributed by atoms with van der Waals surface area (Å²) in [6.07, 6.45) is 1.21. The van der Waals surface area contributed by atoms with Gasteiger partial charge in [0.05, 0.1) is 9.85 Å². The number of hydrogen-bond donors (Lipinski definition) is 0. The van der Waals surface area contributed by atoms with Gasteiger partial charge in [0.15, 0.2) is 0 Å². The lowest BCUT2D eigenvalue weighted by molar-refractivity contribution is -0.386. The zero-order valence-corrected chi connectivity index (χ0v) is 17.1. The molecule has 0 N–H and O–H groups in total. The fourth-order valence-electron chi connectivity index (χ4n) is 3.44. The van der Waals surface area contributed by atoms with Crippen molar-refractivity contribution in [3.8, 4) is 0 Å². The Morgan fingerprint density at radius 1 is 1.00 bits per heavy atom. The second kappa shape index (κ2) is 8.05. The van der Waals surface area contributed by atoms with E-state index in [1.54, 1.807) is 23.1 Å². The van der Waals surface area contributed by atoms with E-state index in [0.29, 0.717) is 37.6 Å². The highest BCUT2D eigenvalue weighted by Gasteiger charge is 2.28. The molecule has 10 nitrogen and oxygen atoms in total. The maximum atomic E-state index is 12.9. The Balaban J connectivity index is 1.71. The van der Waals surface area contributed by atoms with Crippen molar-refractivity contribution >= 4 is 23.1 Å². The molecule has 0 atom stereocenters. The molecule has 0 unspecified atom stereocenters. The van der Waals surface area contributed by atoms with Crippen molar-refractivity contribution in [1.82, 2.24) is 9.88 Å². The Labute approximate surface area is 173 Å². The highest BCUT2D eigenvalue weighted by atomic mass is 16.6. The number of nitro groups is 2. The molecule has 0 radical (unpaired) electrons. The first-order valence-corrected chi connectivity index (χ1v) is 9.51. The highest BCUT2D eigenvalue weighted by Crippen LogP contribution is 2.32. The normalized spacial score (nSPS) is 14.5. The Morgan fingerprint density at radius 3 is 2.17 bits per heavy atom. The third-order valence-electron chi connectivity index (χ3n) is 5.08. The lowest BCUT2D eigenvalue weighted by atomic mass is 9.85. The number of benzene rings is 1. The zero-order chi connectivity index (χ0) is 22.1. The van der Waals surface area contributed by atoms with E-state index < -0.39 is 15.3 Å². The van der Waals surface area contributed by atoms with Crippen molar-refractivity contribution in [2.75, 3.05) is 31.1 Å². The molecule has 3 rings (SSSR count). The molecule has 1 aromatic heterocycles. The monoisotopic (exact) mass is 413 g/mol. The van der Waals surface area contributed by atoms with Crippen molar-refractivity contribution in [3.63, 3.8) is 0 Å². The van der Waals surface area contributed by atoms with Crippen LogP contribution in [-0.4, -0.2) is 51.8 Å². The topological polar surface area (TPSA) is 123 Å². The molecule has 2 aromatic rings. The number of nitro benzene ring substituents is 1. The predicted octanol–water partition coefficient (Wildman–Crippen LogP) is 3.16. The number of amides is 1. The van der Waals surface area contributed by atoms with Crippen LogP contribution in [0, 0.1) is 20.2 Å². The molecule has 0 spiro atoms. The summed E-state index contributed by atoms with van der Waals surface area (Å²) >= 11 is 0. The molecule has 0 saturated carbocycles. The Morgan fingerprint density at radius 2 is 1.67 bits per heavy atom. The minimum absolute atomic E-state index is 0.0536. The van der Waals surface area contributed by atoms with Crippen LogP contribution in [0.5, 0.6) is 0 Å². The van der Waals surface area contributed by atoms with Crippen LogP contribution in [-0.2, 0) is 5.41 Å². The molecule has 1 aliphatic rings. The molecule has 0 bridgehead atoms.